The molecule has 0 aliphatic rings. The van der Waals surface area contributed by atoms with E-state index in [1.807, 2.05) is 18.2 Å². The van der Waals surface area contributed by atoms with Crippen molar-refractivity contribution in [3.8, 4) is 0 Å². The Labute approximate surface area is 95.8 Å². The second-order valence-corrected chi connectivity index (χ2v) is 4.73. The largest absolute Gasteiger partial charge is 0.396 e. The van der Waals surface area contributed by atoms with Crippen LogP contribution in [0.25, 0.3) is 0 Å². The Morgan fingerprint density at radius 1 is 1.50 bits per heavy atom. The quantitative estimate of drug-likeness (QED) is 0.662. The Hall–Kier alpha value is -0.320. The Balaban J connectivity index is 2.52. The monoisotopic (exact) mass is 274 g/mol. The first-order valence-corrected chi connectivity index (χ1v) is 6.16. The van der Waals surface area contributed by atoms with Gasteiger partial charge in [0.05, 0.1) is 12.4 Å². The molecule has 0 saturated carbocycles. The number of halogens is 1. The van der Waals surface area contributed by atoms with Crippen LogP contribution in [0.2, 0.25) is 0 Å². The molecular weight excluding hydrogens is 264 g/mol. The van der Waals surface area contributed by atoms with E-state index in [1.165, 1.54) is 11.8 Å². The molecule has 0 amide bonds. The number of hydrogen-bond acceptors (Lipinski definition) is 3. The lowest BCUT2D eigenvalue weighted by molar-refractivity contribution is 0.102. The second kappa shape index (κ2) is 6.22. The van der Waals surface area contributed by atoms with Gasteiger partial charge in [-0.2, -0.15) is 11.8 Å². The summed E-state index contributed by atoms with van der Waals surface area (Å²) in [6.45, 7) is 0.121. The predicted octanol–water partition coefficient (Wildman–Crippen LogP) is 2.36. The first kappa shape index (κ1) is 11.8. The Kier molecular flexibility index (Phi) is 5.22. The van der Waals surface area contributed by atoms with Gasteiger partial charge >= 0.3 is 0 Å². The van der Waals surface area contributed by atoms with Crippen molar-refractivity contribution in [2.45, 2.75) is 0 Å². The summed E-state index contributed by atoms with van der Waals surface area (Å²) in [5.74, 6) is 1.14. The summed E-state index contributed by atoms with van der Waals surface area (Å²) >= 11 is 4.76. The third kappa shape index (κ3) is 3.82. The maximum atomic E-state index is 11.5. The highest BCUT2D eigenvalue weighted by molar-refractivity contribution is 9.10. The highest BCUT2D eigenvalue weighted by atomic mass is 79.9. The molecule has 14 heavy (non-hydrogen) atoms. The van der Waals surface area contributed by atoms with Crippen LogP contribution in [0.5, 0.6) is 0 Å². The van der Waals surface area contributed by atoms with Crippen molar-refractivity contribution in [3.05, 3.63) is 34.3 Å². The molecule has 0 fully saturated rings. The molecule has 0 aliphatic heterocycles. The van der Waals surface area contributed by atoms with Crippen molar-refractivity contribution in [2.75, 3.05) is 18.1 Å². The van der Waals surface area contributed by atoms with E-state index in [0.29, 0.717) is 17.1 Å². The summed E-state index contributed by atoms with van der Waals surface area (Å²) in [5.41, 5.74) is 0.713. The maximum absolute atomic E-state index is 11.5. The molecule has 0 aliphatic carbocycles. The van der Waals surface area contributed by atoms with Gasteiger partial charge in [0.1, 0.15) is 0 Å². The van der Waals surface area contributed by atoms with E-state index in [9.17, 15) is 4.79 Å². The van der Waals surface area contributed by atoms with Gasteiger partial charge in [-0.15, -0.1) is 0 Å². The highest BCUT2D eigenvalue weighted by Gasteiger charge is 2.05. The summed E-state index contributed by atoms with van der Waals surface area (Å²) in [4.78, 5) is 11.5. The molecule has 4 heteroatoms. The van der Waals surface area contributed by atoms with E-state index < -0.39 is 0 Å². The zero-order valence-electron chi connectivity index (χ0n) is 7.57. The average Bonchev–Trinajstić information content (AvgIpc) is 2.18. The molecule has 0 bridgehead atoms. The number of Topliss-reactive ketones (excluding diaryl/α,β-unsaturated/α-hetero) is 1. The normalized spacial score (nSPS) is 10.1. The molecule has 0 aromatic heterocycles. The standard InChI is InChI=1S/C10H11BrO2S/c11-9-3-1-2-8(6-9)10(13)7-14-5-4-12/h1-3,6,12H,4-5,7H2. The number of rotatable bonds is 5. The van der Waals surface area contributed by atoms with Gasteiger partial charge < -0.3 is 5.11 Å². The van der Waals surface area contributed by atoms with Crippen LogP contribution in [0.4, 0.5) is 0 Å². The first-order chi connectivity index (χ1) is 6.74. The lowest BCUT2D eigenvalue weighted by Gasteiger charge is -2.00. The molecule has 0 radical (unpaired) electrons. The van der Waals surface area contributed by atoms with E-state index in [2.05, 4.69) is 15.9 Å². The minimum atomic E-state index is 0.102. The third-order valence-corrected chi connectivity index (χ3v) is 3.05. The summed E-state index contributed by atoms with van der Waals surface area (Å²) in [6, 6.07) is 7.33. The molecule has 2 nitrogen and oxygen atoms in total. The molecule has 76 valence electrons. The van der Waals surface area contributed by atoms with E-state index >= 15 is 0 Å². The van der Waals surface area contributed by atoms with Crippen LogP contribution < -0.4 is 0 Å². The van der Waals surface area contributed by atoms with Crippen molar-refractivity contribution >= 4 is 33.5 Å². The zero-order valence-corrected chi connectivity index (χ0v) is 9.97. The van der Waals surface area contributed by atoms with Crippen LogP contribution in [0.1, 0.15) is 10.4 Å². The fourth-order valence-corrected chi connectivity index (χ4v) is 2.00. The Bertz CT molecular complexity index is 315. The number of hydrogen-bond donors (Lipinski definition) is 1. The molecule has 0 spiro atoms. The van der Waals surface area contributed by atoms with Gasteiger partial charge in [-0.05, 0) is 12.1 Å². The molecule has 1 N–H and O–H groups in total. The van der Waals surface area contributed by atoms with Crippen LogP contribution in [-0.2, 0) is 0 Å². The van der Waals surface area contributed by atoms with Crippen LogP contribution in [-0.4, -0.2) is 29.0 Å². The lowest BCUT2D eigenvalue weighted by atomic mass is 10.2. The van der Waals surface area contributed by atoms with Gasteiger partial charge in [-0.3, -0.25) is 4.79 Å². The van der Waals surface area contributed by atoms with Crippen LogP contribution in [0.15, 0.2) is 28.7 Å². The van der Waals surface area contributed by atoms with Gasteiger partial charge in [0, 0.05) is 15.8 Å². The summed E-state index contributed by atoms with van der Waals surface area (Å²) in [5, 5.41) is 8.55. The number of ketones is 1. The molecule has 1 aromatic rings. The maximum Gasteiger partial charge on any atom is 0.172 e. The van der Waals surface area contributed by atoms with Crippen molar-refractivity contribution in [1.29, 1.82) is 0 Å². The molecule has 0 saturated heterocycles. The van der Waals surface area contributed by atoms with Gasteiger partial charge in [0.25, 0.3) is 0 Å². The Morgan fingerprint density at radius 3 is 2.93 bits per heavy atom. The topological polar surface area (TPSA) is 37.3 Å². The van der Waals surface area contributed by atoms with Crippen LogP contribution in [0, 0.1) is 0 Å². The minimum absolute atomic E-state index is 0.102. The number of thioether (sulfide) groups is 1. The molecule has 1 rings (SSSR count). The molecular formula is C10H11BrO2S. The van der Waals surface area contributed by atoms with Crippen LogP contribution in [0.3, 0.4) is 0 Å². The van der Waals surface area contributed by atoms with Crippen molar-refractivity contribution < 1.29 is 9.90 Å². The highest BCUT2D eigenvalue weighted by Crippen LogP contribution is 2.13. The summed E-state index contributed by atoms with van der Waals surface area (Å²) in [6.07, 6.45) is 0. The molecule has 0 heterocycles. The molecule has 1 aromatic carbocycles. The number of carbonyl (C=O) groups excluding carboxylic acids is 1. The molecule has 0 atom stereocenters. The Morgan fingerprint density at radius 2 is 2.29 bits per heavy atom. The number of aliphatic hydroxyl groups is 1. The smallest absolute Gasteiger partial charge is 0.172 e. The number of benzene rings is 1. The van der Waals surface area contributed by atoms with Crippen molar-refractivity contribution in [2.24, 2.45) is 0 Å². The number of carbonyl (C=O) groups is 1. The summed E-state index contributed by atoms with van der Waals surface area (Å²) < 4.78 is 0.913. The predicted molar refractivity (Wildman–Crippen MR) is 62.9 cm³/mol. The van der Waals surface area contributed by atoms with Crippen LogP contribution >= 0.6 is 27.7 Å². The first-order valence-electron chi connectivity index (χ1n) is 4.21. The second-order valence-electron chi connectivity index (χ2n) is 2.71. The van der Waals surface area contributed by atoms with E-state index in [4.69, 9.17) is 5.11 Å². The fourth-order valence-electron chi connectivity index (χ4n) is 0.975. The average molecular weight is 275 g/mol. The van der Waals surface area contributed by atoms with E-state index in [1.54, 1.807) is 6.07 Å². The van der Waals surface area contributed by atoms with Gasteiger partial charge in [-0.25, -0.2) is 0 Å². The third-order valence-electron chi connectivity index (χ3n) is 1.62. The fraction of sp³-hybridized carbons (Fsp3) is 0.300. The minimum Gasteiger partial charge on any atom is -0.396 e. The lowest BCUT2D eigenvalue weighted by Crippen LogP contribution is -2.03. The number of aliphatic hydroxyl groups excluding tert-OH is 1. The van der Waals surface area contributed by atoms with E-state index in [0.717, 1.165) is 4.47 Å². The molecule has 0 unspecified atom stereocenters. The van der Waals surface area contributed by atoms with Crippen molar-refractivity contribution in [1.82, 2.24) is 0 Å². The van der Waals surface area contributed by atoms with Crippen molar-refractivity contribution in [3.63, 3.8) is 0 Å². The van der Waals surface area contributed by atoms with Gasteiger partial charge in [0.15, 0.2) is 5.78 Å². The van der Waals surface area contributed by atoms with Gasteiger partial charge in [-0.1, -0.05) is 28.1 Å². The van der Waals surface area contributed by atoms with E-state index in [-0.39, 0.29) is 12.4 Å². The summed E-state index contributed by atoms with van der Waals surface area (Å²) in [7, 11) is 0. The zero-order chi connectivity index (χ0) is 10.4. The SMILES string of the molecule is O=C(CSCCO)c1cccc(Br)c1. The van der Waals surface area contributed by atoms with Gasteiger partial charge in [0.2, 0.25) is 0 Å².